The van der Waals surface area contributed by atoms with Gasteiger partial charge in [0.15, 0.2) is 0 Å². The summed E-state index contributed by atoms with van der Waals surface area (Å²) in [5.74, 6) is -0.542. The third kappa shape index (κ3) is 6.47. The van der Waals surface area contributed by atoms with Gasteiger partial charge in [0.25, 0.3) is 0 Å². The Morgan fingerprint density at radius 1 is 0.929 bits per heavy atom. The molecule has 152 valence electrons. The first-order chi connectivity index (χ1) is 13.4. The fourth-order valence-electron chi connectivity index (χ4n) is 3.36. The van der Waals surface area contributed by atoms with Crippen molar-refractivity contribution in [1.29, 1.82) is 0 Å². The number of ether oxygens (including phenoxy) is 2. The predicted octanol–water partition coefficient (Wildman–Crippen LogP) is 4.72. The van der Waals surface area contributed by atoms with Crippen molar-refractivity contribution in [1.82, 2.24) is 0 Å². The summed E-state index contributed by atoms with van der Waals surface area (Å²) in [6, 6.07) is 18.9. The van der Waals surface area contributed by atoms with Gasteiger partial charge in [0, 0.05) is 11.8 Å². The quantitative estimate of drug-likeness (QED) is 0.602. The molecule has 2 aromatic carbocycles. The van der Waals surface area contributed by atoms with E-state index in [1.54, 1.807) is 12.1 Å². The third-order valence-corrected chi connectivity index (χ3v) is 5.04. The van der Waals surface area contributed by atoms with Gasteiger partial charge in [-0.15, -0.1) is 0 Å². The van der Waals surface area contributed by atoms with Gasteiger partial charge in [0.2, 0.25) is 0 Å². The SMILES string of the molecule is CC(C)[C@H](OC(=O)c1ccccc1)[C@H](C)[C@@H](O)[C@@H](C)COCc1ccccc1. The van der Waals surface area contributed by atoms with E-state index in [1.807, 2.05) is 76.2 Å². The van der Waals surface area contributed by atoms with E-state index in [1.165, 1.54) is 0 Å². The molecule has 0 unspecified atom stereocenters. The smallest absolute Gasteiger partial charge is 0.338 e. The Bertz CT molecular complexity index is 699. The van der Waals surface area contributed by atoms with E-state index in [0.29, 0.717) is 18.8 Å². The summed E-state index contributed by atoms with van der Waals surface area (Å²) < 4.78 is 11.5. The highest BCUT2D eigenvalue weighted by molar-refractivity contribution is 5.89. The van der Waals surface area contributed by atoms with Gasteiger partial charge >= 0.3 is 5.97 Å². The molecule has 4 heteroatoms. The molecule has 0 aliphatic rings. The standard InChI is InChI=1S/C24H32O4/c1-17(2)23(28-24(26)21-13-9-6-10-14-21)19(4)22(25)18(3)15-27-16-20-11-7-5-8-12-20/h5-14,17-19,22-23,25H,15-16H2,1-4H3/t18-,19+,22-,23-/m0/s1. The van der Waals surface area contributed by atoms with Crippen molar-refractivity contribution in [3.8, 4) is 0 Å². The molecule has 0 heterocycles. The molecule has 2 aromatic rings. The van der Waals surface area contributed by atoms with Crippen LogP contribution in [0, 0.1) is 17.8 Å². The molecule has 0 saturated carbocycles. The Morgan fingerprint density at radius 2 is 1.50 bits per heavy atom. The second-order valence-corrected chi connectivity index (χ2v) is 7.81. The van der Waals surface area contributed by atoms with E-state index in [0.717, 1.165) is 5.56 Å². The van der Waals surface area contributed by atoms with Crippen LogP contribution < -0.4 is 0 Å². The second kappa shape index (κ2) is 11.0. The van der Waals surface area contributed by atoms with Crippen molar-refractivity contribution >= 4 is 5.97 Å². The zero-order chi connectivity index (χ0) is 20.5. The highest BCUT2D eigenvalue weighted by Gasteiger charge is 2.33. The number of hydrogen-bond donors (Lipinski definition) is 1. The molecule has 0 bridgehead atoms. The first-order valence-corrected chi connectivity index (χ1v) is 9.96. The molecule has 4 nitrogen and oxygen atoms in total. The average molecular weight is 385 g/mol. The van der Waals surface area contributed by atoms with E-state index in [9.17, 15) is 9.90 Å². The van der Waals surface area contributed by atoms with E-state index in [4.69, 9.17) is 9.47 Å². The molecule has 0 fully saturated rings. The number of hydrogen-bond acceptors (Lipinski definition) is 4. The number of carbonyl (C=O) groups excluding carboxylic acids is 1. The van der Waals surface area contributed by atoms with Crippen LogP contribution >= 0.6 is 0 Å². The van der Waals surface area contributed by atoms with Gasteiger partial charge < -0.3 is 14.6 Å². The second-order valence-electron chi connectivity index (χ2n) is 7.81. The first kappa shape index (κ1) is 22.1. The maximum absolute atomic E-state index is 12.5. The Balaban J connectivity index is 1.91. The molecular formula is C24H32O4. The predicted molar refractivity (Wildman–Crippen MR) is 111 cm³/mol. The van der Waals surface area contributed by atoms with Crippen LogP contribution in [-0.2, 0) is 16.1 Å². The highest BCUT2D eigenvalue weighted by Crippen LogP contribution is 2.25. The third-order valence-electron chi connectivity index (χ3n) is 5.04. The maximum atomic E-state index is 12.5. The summed E-state index contributed by atoms with van der Waals surface area (Å²) >= 11 is 0. The average Bonchev–Trinajstić information content (AvgIpc) is 2.71. The van der Waals surface area contributed by atoms with Crippen LogP contribution in [-0.4, -0.2) is 29.9 Å². The van der Waals surface area contributed by atoms with Crippen LogP contribution in [0.4, 0.5) is 0 Å². The largest absolute Gasteiger partial charge is 0.458 e. The molecule has 2 rings (SSSR count). The minimum absolute atomic E-state index is 0.0737. The normalized spacial score (nSPS) is 15.6. The van der Waals surface area contributed by atoms with Crippen molar-refractivity contribution in [2.45, 2.75) is 46.5 Å². The van der Waals surface area contributed by atoms with Gasteiger partial charge in [-0.2, -0.15) is 0 Å². The number of aliphatic hydroxyl groups excluding tert-OH is 1. The lowest BCUT2D eigenvalue weighted by atomic mass is 9.85. The van der Waals surface area contributed by atoms with Crippen LogP contribution in [0.5, 0.6) is 0 Å². The van der Waals surface area contributed by atoms with Crippen LogP contribution in [0.15, 0.2) is 60.7 Å². The van der Waals surface area contributed by atoms with E-state index in [-0.39, 0.29) is 29.8 Å². The molecule has 0 aliphatic carbocycles. The minimum atomic E-state index is -0.633. The number of carbonyl (C=O) groups is 1. The minimum Gasteiger partial charge on any atom is -0.458 e. The number of rotatable bonds is 10. The molecule has 0 aromatic heterocycles. The zero-order valence-corrected chi connectivity index (χ0v) is 17.2. The summed E-state index contributed by atoms with van der Waals surface area (Å²) in [7, 11) is 0. The van der Waals surface area contributed by atoms with E-state index in [2.05, 4.69) is 0 Å². The van der Waals surface area contributed by atoms with Gasteiger partial charge in [0.1, 0.15) is 6.10 Å². The van der Waals surface area contributed by atoms with Gasteiger partial charge in [-0.25, -0.2) is 4.79 Å². The Morgan fingerprint density at radius 3 is 2.07 bits per heavy atom. The molecule has 0 amide bonds. The van der Waals surface area contributed by atoms with Crippen molar-refractivity contribution in [2.24, 2.45) is 17.8 Å². The van der Waals surface area contributed by atoms with Crippen LogP contribution in [0.3, 0.4) is 0 Å². The Hall–Kier alpha value is -2.17. The van der Waals surface area contributed by atoms with Gasteiger partial charge in [0.05, 0.1) is 24.9 Å². The van der Waals surface area contributed by atoms with Crippen molar-refractivity contribution < 1.29 is 19.4 Å². The molecule has 0 saturated heterocycles. The van der Waals surface area contributed by atoms with E-state index < -0.39 is 6.10 Å². The summed E-state index contributed by atoms with van der Waals surface area (Å²) in [6.45, 7) is 8.86. The summed E-state index contributed by atoms with van der Waals surface area (Å²) in [6.07, 6.45) is -1.01. The zero-order valence-electron chi connectivity index (χ0n) is 17.2. The molecule has 1 N–H and O–H groups in total. The van der Waals surface area contributed by atoms with Crippen molar-refractivity contribution in [3.05, 3.63) is 71.8 Å². The number of benzene rings is 2. The fraction of sp³-hybridized carbons (Fsp3) is 0.458. The van der Waals surface area contributed by atoms with Gasteiger partial charge in [-0.3, -0.25) is 0 Å². The number of esters is 1. The maximum Gasteiger partial charge on any atom is 0.338 e. The summed E-state index contributed by atoms with van der Waals surface area (Å²) in [4.78, 5) is 12.5. The molecule has 0 radical (unpaired) electrons. The van der Waals surface area contributed by atoms with Crippen LogP contribution in [0.1, 0.15) is 43.6 Å². The lowest BCUT2D eigenvalue weighted by molar-refractivity contribution is -0.0585. The van der Waals surface area contributed by atoms with Gasteiger partial charge in [-0.05, 0) is 23.6 Å². The summed E-state index contributed by atoms with van der Waals surface area (Å²) in [5.41, 5.74) is 1.63. The Kier molecular flexibility index (Phi) is 8.68. The molecule has 0 aliphatic heterocycles. The van der Waals surface area contributed by atoms with E-state index >= 15 is 0 Å². The van der Waals surface area contributed by atoms with Crippen LogP contribution in [0.2, 0.25) is 0 Å². The van der Waals surface area contributed by atoms with Crippen molar-refractivity contribution in [3.63, 3.8) is 0 Å². The van der Waals surface area contributed by atoms with Gasteiger partial charge in [-0.1, -0.05) is 76.2 Å². The highest BCUT2D eigenvalue weighted by atomic mass is 16.5. The van der Waals surface area contributed by atoms with Crippen molar-refractivity contribution in [2.75, 3.05) is 6.61 Å². The monoisotopic (exact) mass is 384 g/mol. The summed E-state index contributed by atoms with van der Waals surface area (Å²) in [5, 5.41) is 10.8. The van der Waals surface area contributed by atoms with Crippen LogP contribution in [0.25, 0.3) is 0 Å². The number of aliphatic hydroxyl groups is 1. The fourth-order valence-corrected chi connectivity index (χ4v) is 3.36. The topological polar surface area (TPSA) is 55.8 Å². The Labute approximate surface area is 168 Å². The molecule has 28 heavy (non-hydrogen) atoms. The molecule has 0 spiro atoms. The molecular weight excluding hydrogens is 352 g/mol. The lowest BCUT2D eigenvalue weighted by Crippen LogP contribution is -2.40. The lowest BCUT2D eigenvalue weighted by Gasteiger charge is -2.33. The first-order valence-electron chi connectivity index (χ1n) is 9.96. The molecule has 4 atom stereocenters.